The van der Waals surface area contributed by atoms with Gasteiger partial charge in [-0.15, -0.1) is 0 Å². The molecule has 0 bridgehead atoms. The van der Waals surface area contributed by atoms with Crippen molar-refractivity contribution in [2.75, 3.05) is 27.6 Å². The maximum atomic E-state index is 13.3. The number of fused-ring (bicyclic) bond motifs is 2. The number of carbonyl (C=O) groups is 1. The van der Waals surface area contributed by atoms with E-state index in [4.69, 9.17) is 18.9 Å². The van der Waals surface area contributed by atoms with Crippen molar-refractivity contribution in [3.05, 3.63) is 83.0 Å². The summed E-state index contributed by atoms with van der Waals surface area (Å²) in [6.07, 6.45) is 3.92. The van der Waals surface area contributed by atoms with Gasteiger partial charge in [-0.05, 0) is 47.7 Å². The molecule has 0 fully saturated rings. The summed E-state index contributed by atoms with van der Waals surface area (Å²) in [5, 5.41) is 4.23. The van der Waals surface area contributed by atoms with E-state index in [1.54, 1.807) is 14.2 Å². The van der Waals surface area contributed by atoms with Crippen molar-refractivity contribution in [2.24, 2.45) is 0 Å². The first-order valence-electron chi connectivity index (χ1n) is 12.6. The minimum absolute atomic E-state index is 0.0250. The number of H-pyrrole nitrogens is 1. The Kier molecular flexibility index (Phi) is 7.21. The van der Waals surface area contributed by atoms with Gasteiger partial charge in [0.1, 0.15) is 0 Å². The smallest absolute Gasteiger partial charge is 0.231 e. The number of aryl methyl sites for hydroxylation is 1. The quantitative estimate of drug-likeness (QED) is 0.307. The highest BCUT2D eigenvalue weighted by Gasteiger charge is 2.28. The number of rotatable bonds is 10. The lowest BCUT2D eigenvalue weighted by Crippen LogP contribution is -2.27. The van der Waals surface area contributed by atoms with Crippen LogP contribution in [-0.4, -0.2) is 38.4 Å². The van der Waals surface area contributed by atoms with Gasteiger partial charge in [0, 0.05) is 41.5 Å². The lowest BCUT2D eigenvalue weighted by Gasteiger charge is -2.19. The molecule has 1 atom stereocenters. The van der Waals surface area contributed by atoms with Gasteiger partial charge in [-0.1, -0.05) is 43.3 Å². The molecular formula is C30H32N2O5. The van der Waals surface area contributed by atoms with Crippen LogP contribution in [0.25, 0.3) is 10.9 Å². The average molecular weight is 501 g/mol. The van der Waals surface area contributed by atoms with Gasteiger partial charge in [0.25, 0.3) is 0 Å². The summed E-state index contributed by atoms with van der Waals surface area (Å²) in [7, 11) is 3.23. The molecular weight excluding hydrogens is 468 g/mol. The average Bonchev–Trinajstić information content (AvgIpc) is 3.59. The van der Waals surface area contributed by atoms with Crippen LogP contribution in [-0.2, 0) is 17.6 Å². The number of aromatic nitrogens is 1. The number of nitrogens with one attached hydrogen (secondary N) is 2. The van der Waals surface area contributed by atoms with Crippen LogP contribution in [0.3, 0.4) is 0 Å². The summed E-state index contributed by atoms with van der Waals surface area (Å²) in [4.78, 5) is 16.7. The number of carbonyl (C=O) groups excluding carboxylic acids is 1. The van der Waals surface area contributed by atoms with E-state index in [-0.39, 0.29) is 25.0 Å². The zero-order valence-corrected chi connectivity index (χ0v) is 21.4. The fraction of sp³-hybridized carbons (Fsp3) is 0.300. The number of amides is 1. The second kappa shape index (κ2) is 10.9. The van der Waals surface area contributed by atoms with E-state index in [0.29, 0.717) is 36.0 Å². The van der Waals surface area contributed by atoms with E-state index in [0.717, 1.165) is 34.0 Å². The molecule has 4 aromatic rings. The Bertz CT molecular complexity index is 1410. The number of benzene rings is 3. The number of hydrogen-bond acceptors (Lipinski definition) is 5. The van der Waals surface area contributed by atoms with E-state index in [1.807, 2.05) is 42.6 Å². The predicted molar refractivity (Wildman–Crippen MR) is 143 cm³/mol. The highest BCUT2D eigenvalue weighted by Crippen LogP contribution is 2.44. The van der Waals surface area contributed by atoms with Crippen molar-refractivity contribution in [1.29, 1.82) is 0 Å². The summed E-state index contributed by atoms with van der Waals surface area (Å²) < 4.78 is 22.2. The lowest BCUT2D eigenvalue weighted by atomic mass is 9.86. The summed E-state index contributed by atoms with van der Waals surface area (Å²) in [6.45, 7) is 2.85. The van der Waals surface area contributed by atoms with Gasteiger partial charge < -0.3 is 29.2 Å². The van der Waals surface area contributed by atoms with Gasteiger partial charge in [0.2, 0.25) is 12.7 Å². The van der Waals surface area contributed by atoms with Crippen LogP contribution in [0.1, 0.15) is 41.5 Å². The maximum absolute atomic E-state index is 13.3. The van der Waals surface area contributed by atoms with Gasteiger partial charge in [0.15, 0.2) is 23.0 Å². The van der Waals surface area contributed by atoms with E-state index in [9.17, 15) is 4.79 Å². The molecule has 192 valence electrons. The maximum Gasteiger partial charge on any atom is 0.231 e. The molecule has 37 heavy (non-hydrogen) atoms. The van der Waals surface area contributed by atoms with E-state index >= 15 is 0 Å². The normalized spacial score (nSPS) is 12.9. The third-order valence-electron chi connectivity index (χ3n) is 6.97. The van der Waals surface area contributed by atoms with Gasteiger partial charge in [-0.25, -0.2) is 0 Å². The zero-order valence-electron chi connectivity index (χ0n) is 21.4. The molecule has 0 aliphatic carbocycles. The predicted octanol–water partition coefficient (Wildman–Crippen LogP) is 5.36. The number of methoxy groups -OCH3 is 2. The van der Waals surface area contributed by atoms with Crippen LogP contribution >= 0.6 is 0 Å². The zero-order chi connectivity index (χ0) is 25.8. The first-order chi connectivity index (χ1) is 18.1. The third kappa shape index (κ3) is 4.94. The number of ether oxygens (including phenoxy) is 4. The van der Waals surface area contributed by atoms with E-state index < -0.39 is 0 Å². The molecule has 1 aliphatic heterocycles. The van der Waals surface area contributed by atoms with Crippen LogP contribution in [0.4, 0.5) is 0 Å². The van der Waals surface area contributed by atoms with E-state index in [1.165, 1.54) is 5.56 Å². The fourth-order valence-corrected chi connectivity index (χ4v) is 5.08. The fourth-order valence-electron chi connectivity index (χ4n) is 5.08. The number of para-hydroxylation sites is 2. The number of aromatic amines is 1. The van der Waals surface area contributed by atoms with Crippen LogP contribution in [0.2, 0.25) is 0 Å². The van der Waals surface area contributed by atoms with Crippen LogP contribution in [0, 0.1) is 0 Å². The molecule has 7 nitrogen and oxygen atoms in total. The minimum Gasteiger partial charge on any atom is -0.493 e. The summed E-state index contributed by atoms with van der Waals surface area (Å²) in [5.41, 5.74) is 5.45. The Morgan fingerprint density at radius 2 is 1.86 bits per heavy atom. The SMILES string of the molecule is CCc1cccc2c([C@H](CC(=O)NCCc3ccc(OC)c(OC)c3)c3cccc4c3OCO4)c[nH]c12. The van der Waals surface area contributed by atoms with E-state index in [2.05, 4.69) is 35.4 Å². The molecule has 1 amide bonds. The second-order valence-corrected chi connectivity index (χ2v) is 9.06. The van der Waals surface area contributed by atoms with Crippen molar-refractivity contribution in [2.45, 2.75) is 32.1 Å². The standard InChI is InChI=1S/C30H32N2O5/c1-4-20-7-5-8-21-24(17-32-29(20)21)23(22-9-6-10-26-30(22)37-18-36-26)16-28(33)31-14-13-19-11-12-25(34-2)27(15-19)35-3/h5-12,15,17,23,32H,4,13-14,16,18H2,1-3H3,(H,31,33)/t23-/m1/s1. The Hall–Kier alpha value is -4.13. The molecule has 2 heterocycles. The van der Waals surface area contributed by atoms with Crippen molar-refractivity contribution < 1.29 is 23.7 Å². The number of hydrogen-bond donors (Lipinski definition) is 2. The van der Waals surface area contributed by atoms with Crippen molar-refractivity contribution in [3.8, 4) is 23.0 Å². The van der Waals surface area contributed by atoms with Gasteiger partial charge >= 0.3 is 0 Å². The van der Waals surface area contributed by atoms with Crippen molar-refractivity contribution in [1.82, 2.24) is 10.3 Å². The van der Waals surface area contributed by atoms with Crippen LogP contribution in [0.15, 0.2) is 60.8 Å². The molecule has 1 aliphatic rings. The van der Waals surface area contributed by atoms with Crippen molar-refractivity contribution in [3.63, 3.8) is 0 Å². The Labute approximate surface area is 216 Å². The van der Waals surface area contributed by atoms with Crippen molar-refractivity contribution >= 4 is 16.8 Å². The monoisotopic (exact) mass is 500 g/mol. The molecule has 0 unspecified atom stereocenters. The molecule has 0 saturated carbocycles. The lowest BCUT2D eigenvalue weighted by molar-refractivity contribution is -0.121. The first-order valence-corrected chi connectivity index (χ1v) is 12.6. The molecule has 5 rings (SSSR count). The third-order valence-corrected chi connectivity index (χ3v) is 6.97. The summed E-state index contributed by atoms with van der Waals surface area (Å²) in [5.74, 6) is 2.57. The van der Waals surface area contributed by atoms with Gasteiger partial charge in [-0.2, -0.15) is 0 Å². The summed E-state index contributed by atoms with van der Waals surface area (Å²) >= 11 is 0. The highest BCUT2D eigenvalue weighted by molar-refractivity contribution is 5.88. The van der Waals surface area contributed by atoms with Crippen LogP contribution < -0.4 is 24.3 Å². The Morgan fingerprint density at radius 1 is 1.03 bits per heavy atom. The van der Waals surface area contributed by atoms with Gasteiger partial charge in [-0.3, -0.25) is 4.79 Å². The summed E-state index contributed by atoms with van der Waals surface area (Å²) in [6, 6.07) is 18.0. The molecule has 1 aromatic heterocycles. The molecule has 0 radical (unpaired) electrons. The highest BCUT2D eigenvalue weighted by atomic mass is 16.7. The largest absolute Gasteiger partial charge is 0.493 e. The Morgan fingerprint density at radius 3 is 2.68 bits per heavy atom. The molecule has 0 saturated heterocycles. The minimum atomic E-state index is -0.196. The van der Waals surface area contributed by atoms with Gasteiger partial charge in [0.05, 0.1) is 14.2 Å². The molecule has 2 N–H and O–H groups in total. The molecule has 3 aromatic carbocycles. The molecule has 7 heteroatoms. The molecule has 0 spiro atoms. The van der Waals surface area contributed by atoms with Crippen LogP contribution in [0.5, 0.6) is 23.0 Å². The second-order valence-electron chi connectivity index (χ2n) is 9.06. The Balaban J connectivity index is 1.38. The first kappa shape index (κ1) is 24.6. The topological polar surface area (TPSA) is 81.8 Å².